The van der Waals surface area contributed by atoms with Crippen molar-refractivity contribution >= 4 is 17.9 Å². The van der Waals surface area contributed by atoms with Crippen LogP contribution in [-0.4, -0.2) is 49.1 Å². The molecular formula is C18H19N3O3. The minimum absolute atomic E-state index is 0.0270. The smallest absolute Gasteiger partial charge is 0.262 e. The summed E-state index contributed by atoms with van der Waals surface area (Å²) in [5.41, 5.74) is 1.39. The van der Waals surface area contributed by atoms with Crippen molar-refractivity contribution in [3.63, 3.8) is 0 Å². The lowest BCUT2D eigenvalue weighted by molar-refractivity contribution is -0.117. The van der Waals surface area contributed by atoms with Gasteiger partial charge in [-0.15, -0.1) is 0 Å². The predicted molar refractivity (Wildman–Crippen MR) is 87.9 cm³/mol. The summed E-state index contributed by atoms with van der Waals surface area (Å²) in [5.74, 6) is -0.366. The van der Waals surface area contributed by atoms with Gasteiger partial charge in [0, 0.05) is 24.7 Å². The highest BCUT2D eigenvalue weighted by molar-refractivity contribution is 6.02. The van der Waals surface area contributed by atoms with Crippen molar-refractivity contribution < 1.29 is 14.3 Å². The summed E-state index contributed by atoms with van der Waals surface area (Å²) in [4.78, 5) is 26.1. The van der Waals surface area contributed by atoms with Crippen LogP contribution in [0.2, 0.25) is 0 Å². The molecule has 1 aliphatic heterocycles. The molecule has 1 saturated heterocycles. The molecule has 6 heteroatoms. The van der Waals surface area contributed by atoms with Gasteiger partial charge >= 0.3 is 0 Å². The van der Waals surface area contributed by atoms with Crippen LogP contribution < -0.4 is 5.32 Å². The third kappa shape index (κ3) is 4.00. The Balaban J connectivity index is 1.68. The third-order valence-electron chi connectivity index (χ3n) is 4.04. The van der Waals surface area contributed by atoms with Gasteiger partial charge in [-0.25, -0.2) is 0 Å². The van der Waals surface area contributed by atoms with E-state index in [4.69, 9.17) is 10.00 Å². The Morgan fingerprint density at radius 3 is 2.46 bits per heavy atom. The molecule has 0 spiro atoms. The number of nitrogens with zero attached hydrogens (tertiary/aromatic N) is 2. The Labute approximate surface area is 140 Å². The number of rotatable bonds is 4. The molecule has 1 saturated carbocycles. The molecule has 1 aromatic carbocycles. The van der Waals surface area contributed by atoms with Crippen molar-refractivity contribution in [1.82, 2.24) is 10.2 Å². The van der Waals surface area contributed by atoms with Crippen LogP contribution >= 0.6 is 0 Å². The maximum absolute atomic E-state index is 12.4. The average molecular weight is 325 g/mol. The van der Waals surface area contributed by atoms with Gasteiger partial charge in [-0.05, 0) is 36.6 Å². The van der Waals surface area contributed by atoms with Gasteiger partial charge in [0.1, 0.15) is 11.6 Å². The van der Waals surface area contributed by atoms with Gasteiger partial charge in [-0.3, -0.25) is 9.59 Å². The van der Waals surface area contributed by atoms with E-state index in [0.29, 0.717) is 31.9 Å². The fourth-order valence-electron chi connectivity index (χ4n) is 2.48. The molecule has 1 aliphatic carbocycles. The quantitative estimate of drug-likeness (QED) is 0.669. The Kier molecular flexibility index (Phi) is 4.92. The molecule has 2 fully saturated rings. The number of carbonyl (C=O) groups excluding carboxylic acids is 2. The number of morpholine rings is 1. The standard InChI is InChI=1S/C18H19N3O3/c19-12-15(17(22)20-16-5-6-16)11-13-1-3-14(4-2-13)18(23)21-7-9-24-10-8-21/h1-4,11,16H,5-10H2,(H,20,22)/b15-11+. The molecule has 0 aromatic heterocycles. The van der Waals surface area contributed by atoms with E-state index < -0.39 is 0 Å². The number of ether oxygens (including phenoxy) is 1. The molecule has 2 aliphatic rings. The summed E-state index contributed by atoms with van der Waals surface area (Å²) in [6.45, 7) is 2.32. The fraction of sp³-hybridized carbons (Fsp3) is 0.389. The second-order valence-corrected chi connectivity index (χ2v) is 5.94. The maximum Gasteiger partial charge on any atom is 0.262 e. The van der Waals surface area contributed by atoms with E-state index in [1.165, 1.54) is 0 Å². The van der Waals surface area contributed by atoms with E-state index in [1.807, 2.05) is 6.07 Å². The Morgan fingerprint density at radius 2 is 1.88 bits per heavy atom. The van der Waals surface area contributed by atoms with Crippen LogP contribution in [0.3, 0.4) is 0 Å². The predicted octanol–water partition coefficient (Wildman–Crippen LogP) is 1.34. The highest BCUT2D eigenvalue weighted by Gasteiger charge is 2.24. The summed E-state index contributed by atoms with van der Waals surface area (Å²) in [5, 5.41) is 11.9. The van der Waals surface area contributed by atoms with Gasteiger partial charge in [-0.1, -0.05) is 12.1 Å². The molecule has 0 atom stereocenters. The zero-order valence-corrected chi connectivity index (χ0v) is 13.3. The van der Waals surface area contributed by atoms with Crippen LogP contribution in [0.4, 0.5) is 0 Å². The zero-order valence-electron chi connectivity index (χ0n) is 13.3. The number of hydrogen-bond acceptors (Lipinski definition) is 4. The molecular weight excluding hydrogens is 306 g/mol. The van der Waals surface area contributed by atoms with E-state index >= 15 is 0 Å². The number of nitriles is 1. The van der Waals surface area contributed by atoms with Crippen LogP contribution in [0.1, 0.15) is 28.8 Å². The number of carbonyl (C=O) groups is 2. The molecule has 3 rings (SSSR count). The van der Waals surface area contributed by atoms with Crippen LogP contribution in [0.25, 0.3) is 6.08 Å². The topological polar surface area (TPSA) is 82.4 Å². The average Bonchev–Trinajstić information content (AvgIpc) is 3.44. The molecule has 6 nitrogen and oxygen atoms in total. The molecule has 1 N–H and O–H groups in total. The lowest BCUT2D eigenvalue weighted by atomic mass is 10.1. The number of hydrogen-bond donors (Lipinski definition) is 1. The van der Waals surface area contributed by atoms with Gasteiger partial charge in [0.05, 0.1) is 13.2 Å². The highest BCUT2D eigenvalue weighted by Crippen LogP contribution is 2.19. The molecule has 0 radical (unpaired) electrons. The van der Waals surface area contributed by atoms with E-state index in [0.717, 1.165) is 18.4 Å². The Bertz CT molecular complexity index is 693. The van der Waals surface area contributed by atoms with Crippen molar-refractivity contribution in [1.29, 1.82) is 5.26 Å². The monoisotopic (exact) mass is 325 g/mol. The molecule has 1 aromatic rings. The highest BCUT2D eigenvalue weighted by atomic mass is 16.5. The lowest BCUT2D eigenvalue weighted by Gasteiger charge is -2.26. The molecule has 2 amide bonds. The number of benzene rings is 1. The second kappa shape index (κ2) is 7.28. The summed E-state index contributed by atoms with van der Waals surface area (Å²) in [7, 11) is 0. The van der Waals surface area contributed by atoms with Crippen LogP contribution in [0.5, 0.6) is 0 Å². The first-order chi connectivity index (χ1) is 11.7. The first kappa shape index (κ1) is 16.2. The summed E-state index contributed by atoms with van der Waals surface area (Å²) >= 11 is 0. The second-order valence-electron chi connectivity index (χ2n) is 5.94. The zero-order chi connectivity index (χ0) is 16.9. The Morgan fingerprint density at radius 1 is 1.21 bits per heavy atom. The minimum Gasteiger partial charge on any atom is -0.378 e. The first-order valence-electron chi connectivity index (χ1n) is 8.07. The number of nitrogens with one attached hydrogen (secondary N) is 1. The summed E-state index contributed by atoms with van der Waals surface area (Å²) in [6, 6.07) is 9.07. The van der Waals surface area contributed by atoms with Gasteiger partial charge < -0.3 is 15.0 Å². The van der Waals surface area contributed by atoms with E-state index in [1.54, 1.807) is 35.2 Å². The van der Waals surface area contributed by atoms with Crippen LogP contribution in [-0.2, 0) is 9.53 Å². The molecule has 1 heterocycles. The van der Waals surface area contributed by atoms with Gasteiger partial charge in [0.2, 0.25) is 0 Å². The maximum atomic E-state index is 12.4. The molecule has 0 unspecified atom stereocenters. The summed E-state index contributed by atoms with van der Waals surface area (Å²) < 4.78 is 5.25. The van der Waals surface area contributed by atoms with Crippen LogP contribution in [0.15, 0.2) is 29.8 Å². The fourth-order valence-corrected chi connectivity index (χ4v) is 2.48. The van der Waals surface area contributed by atoms with Crippen molar-refractivity contribution in [3.8, 4) is 6.07 Å². The third-order valence-corrected chi connectivity index (χ3v) is 4.04. The number of amides is 2. The van der Waals surface area contributed by atoms with E-state index in [9.17, 15) is 9.59 Å². The van der Waals surface area contributed by atoms with Crippen molar-refractivity contribution in [2.24, 2.45) is 0 Å². The minimum atomic E-state index is -0.339. The van der Waals surface area contributed by atoms with Crippen LogP contribution in [0, 0.1) is 11.3 Å². The molecule has 124 valence electrons. The SMILES string of the molecule is N#C/C(=C\c1ccc(C(=O)N2CCOCC2)cc1)C(=O)NC1CC1. The first-order valence-corrected chi connectivity index (χ1v) is 8.07. The van der Waals surface area contributed by atoms with Gasteiger partial charge in [-0.2, -0.15) is 5.26 Å². The van der Waals surface area contributed by atoms with Gasteiger partial charge in [0.15, 0.2) is 0 Å². The van der Waals surface area contributed by atoms with Gasteiger partial charge in [0.25, 0.3) is 11.8 Å². The summed E-state index contributed by atoms with van der Waals surface area (Å²) in [6.07, 6.45) is 3.49. The van der Waals surface area contributed by atoms with Crippen molar-refractivity contribution in [2.75, 3.05) is 26.3 Å². The largest absolute Gasteiger partial charge is 0.378 e. The normalized spacial score (nSPS) is 18.0. The van der Waals surface area contributed by atoms with E-state index in [-0.39, 0.29) is 23.4 Å². The molecule has 0 bridgehead atoms. The van der Waals surface area contributed by atoms with E-state index in [2.05, 4.69) is 5.32 Å². The van der Waals surface area contributed by atoms with Crippen molar-refractivity contribution in [3.05, 3.63) is 41.0 Å². The van der Waals surface area contributed by atoms with Crippen molar-refractivity contribution in [2.45, 2.75) is 18.9 Å². The Hall–Kier alpha value is -2.65. The lowest BCUT2D eigenvalue weighted by Crippen LogP contribution is -2.40. The molecule has 24 heavy (non-hydrogen) atoms.